The van der Waals surface area contributed by atoms with E-state index < -0.39 is 0 Å². The molecule has 0 spiro atoms. The smallest absolute Gasteiger partial charge is 0.229 e. The highest BCUT2D eigenvalue weighted by molar-refractivity contribution is 7.99. The van der Waals surface area contributed by atoms with E-state index in [4.69, 9.17) is 0 Å². The van der Waals surface area contributed by atoms with Crippen molar-refractivity contribution in [1.29, 1.82) is 0 Å². The molecule has 0 fully saturated rings. The largest absolute Gasteiger partial charge is 0.504 e. The minimum Gasteiger partial charge on any atom is -0.504 e. The Balaban J connectivity index is 1.61. The van der Waals surface area contributed by atoms with Crippen LogP contribution in [0, 0.1) is 6.92 Å². The summed E-state index contributed by atoms with van der Waals surface area (Å²) in [5, 5.41) is 27.3. The van der Waals surface area contributed by atoms with Crippen LogP contribution in [-0.4, -0.2) is 36.0 Å². The van der Waals surface area contributed by atoms with Crippen LogP contribution in [0.15, 0.2) is 95.0 Å². The Morgan fingerprint density at radius 2 is 1.66 bits per heavy atom. The maximum absolute atomic E-state index is 11.7. The molecule has 5 rings (SSSR count). The minimum absolute atomic E-state index is 0.0167. The van der Waals surface area contributed by atoms with Crippen LogP contribution in [0.5, 0.6) is 11.6 Å². The number of benzene rings is 2. The fourth-order valence-electron chi connectivity index (χ4n) is 4.46. The number of hydrogen-bond donors (Lipinski definition) is 2. The summed E-state index contributed by atoms with van der Waals surface area (Å²) in [6, 6.07) is 23.6. The molecule has 0 atom stereocenters. The van der Waals surface area contributed by atoms with Gasteiger partial charge in [-0.2, -0.15) is 5.10 Å². The van der Waals surface area contributed by atoms with Gasteiger partial charge in [0, 0.05) is 47.3 Å². The van der Waals surface area contributed by atoms with E-state index in [0.717, 1.165) is 27.4 Å². The van der Waals surface area contributed by atoms with Gasteiger partial charge in [0.2, 0.25) is 5.88 Å². The van der Waals surface area contributed by atoms with Crippen LogP contribution in [0.2, 0.25) is 0 Å². The van der Waals surface area contributed by atoms with E-state index in [1.165, 1.54) is 11.8 Å². The third kappa shape index (κ3) is 4.95. The molecule has 2 N–H and O–H groups in total. The number of anilines is 2. The van der Waals surface area contributed by atoms with Crippen molar-refractivity contribution in [2.24, 2.45) is 7.05 Å². The number of aromatic hydroxyl groups is 2. The molecule has 0 aliphatic rings. The van der Waals surface area contributed by atoms with Gasteiger partial charge in [0.1, 0.15) is 22.0 Å². The summed E-state index contributed by atoms with van der Waals surface area (Å²) < 4.78 is 1.67. The van der Waals surface area contributed by atoms with Gasteiger partial charge in [0.05, 0.1) is 0 Å². The number of pyridine rings is 2. The van der Waals surface area contributed by atoms with Crippen LogP contribution in [0.25, 0.3) is 22.5 Å². The third-order valence-corrected chi connectivity index (χ3v) is 7.31. The van der Waals surface area contributed by atoms with Crippen molar-refractivity contribution in [3.8, 4) is 34.1 Å². The molecule has 38 heavy (non-hydrogen) atoms. The van der Waals surface area contributed by atoms with Crippen molar-refractivity contribution in [2.45, 2.75) is 36.6 Å². The second-order valence-corrected chi connectivity index (χ2v) is 10.3. The molecule has 8 heteroatoms. The highest BCUT2D eigenvalue weighted by Gasteiger charge is 2.28. The SMILES string of the molecule is Cc1ncccc1-c1ccc(Sc2c(O)nc(-c3ccn(C)n3)c(N(c3ccccc3)C(C)C)c2O)cc1. The van der Waals surface area contributed by atoms with Gasteiger partial charge in [-0.15, -0.1) is 0 Å². The van der Waals surface area contributed by atoms with Gasteiger partial charge in [-0.1, -0.05) is 48.2 Å². The number of aryl methyl sites for hydroxylation is 2. The summed E-state index contributed by atoms with van der Waals surface area (Å²) in [5.74, 6) is -0.297. The van der Waals surface area contributed by atoms with E-state index in [1.54, 1.807) is 10.9 Å². The molecule has 0 aliphatic heterocycles. The second-order valence-electron chi connectivity index (χ2n) is 9.25. The van der Waals surface area contributed by atoms with E-state index in [0.29, 0.717) is 17.1 Å². The number of aromatic nitrogens is 4. The topological polar surface area (TPSA) is 87.3 Å². The average Bonchev–Trinajstić information content (AvgIpc) is 3.35. The van der Waals surface area contributed by atoms with Crippen molar-refractivity contribution in [3.05, 3.63) is 90.9 Å². The summed E-state index contributed by atoms with van der Waals surface area (Å²) in [6.07, 6.45) is 3.59. The van der Waals surface area contributed by atoms with Crippen LogP contribution in [0.4, 0.5) is 11.4 Å². The molecule has 192 valence electrons. The van der Waals surface area contributed by atoms with E-state index in [2.05, 4.69) is 15.1 Å². The zero-order valence-electron chi connectivity index (χ0n) is 21.7. The number of nitrogens with zero attached hydrogens (tertiary/aromatic N) is 5. The molecular formula is C30H29N5O2S. The van der Waals surface area contributed by atoms with Crippen molar-refractivity contribution >= 4 is 23.1 Å². The molecule has 3 aromatic heterocycles. The molecule has 3 heterocycles. The maximum Gasteiger partial charge on any atom is 0.229 e. The van der Waals surface area contributed by atoms with Crippen molar-refractivity contribution in [2.75, 3.05) is 4.90 Å². The number of rotatable bonds is 7. The molecule has 0 unspecified atom stereocenters. The predicted molar refractivity (Wildman–Crippen MR) is 152 cm³/mol. The molecule has 0 saturated heterocycles. The fourth-order valence-corrected chi connectivity index (χ4v) is 5.30. The maximum atomic E-state index is 11.7. The Labute approximate surface area is 226 Å². The third-order valence-electron chi connectivity index (χ3n) is 6.22. The standard InChI is InChI=1S/C30H29N5O2S/c1-19(2)35(22-9-6-5-7-10-22)27-26(25-16-18-34(4)33-25)32-30(37)29(28(27)36)38-23-14-12-21(13-15-23)24-11-8-17-31-20(24)3/h5-19H,1-4H3,(H2,32,36,37). The molecule has 2 aromatic carbocycles. The molecule has 0 aliphatic carbocycles. The van der Waals surface area contributed by atoms with E-state index in [-0.39, 0.29) is 22.6 Å². The van der Waals surface area contributed by atoms with Crippen LogP contribution in [-0.2, 0) is 7.05 Å². The Hall–Kier alpha value is -4.30. The Morgan fingerprint density at radius 1 is 0.921 bits per heavy atom. The van der Waals surface area contributed by atoms with Crippen LogP contribution in [0.1, 0.15) is 19.5 Å². The first-order valence-corrected chi connectivity index (χ1v) is 13.1. The normalized spacial score (nSPS) is 11.2. The van der Waals surface area contributed by atoms with Gasteiger partial charge < -0.3 is 15.1 Å². The van der Waals surface area contributed by atoms with Gasteiger partial charge >= 0.3 is 0 Å². The molecule has 0 amide bonds. The van der Waals surface area contributed by atoms with Crippen molar-refractivity contribution in [3.63, 3.8) is 0 Å². The molecule has 0 saturated carbocycles. The number of para-hydroxylation sites is 1. The summed E-state index contributed by atoms with van der Waals surface area (Å²) in [6.45, 7) is 6.08. The first-order chi connectivity index (χ1) is 18.3. The summed E-state index contributed by atoms with van der Waals surface area (Å²) in [7, 11) is 1.82. The zero-order valence-corrected chi connectivity index (χ0v) is 22.5. The monoisotopic (exact) mass is 523 g/mol. The van der Waals surface area contributed by atoms with Crippen molar-refractivity contribution in [1.82, 2.24) is 19.7 Å². The zero-order chi connectivity index (χ0) is 26.8. The average molecular weight is 524 g/mol. The first-order valence-electron chi connectivity index (χ1n) is 12.3. The molecule has 0 bridgehead atoms. The lowest BCUT2D eigenvalue weighted by Gasteiger charge is -2.31. The molecule has 7 nitrogen and oxygen atoms in total. The second kappa shape index (κ2) is 10.6. The number of hydrogen-bond acceptors (Lipinski definition) is 7. The Bertz CT molecular complexity index is 1570. The lowest BCUT2D eigenvalue weighted by molar-refractivity contribution is 0.413. The lowest BCUT2D eigenvalue weighted by atomic mass is 10.1. The Morgan fingerprint density at radius 3 is 2.29 bits per heavy atom. The highest BCUT2D eigenvalue weighted by atomic mass is 32.2. The molecule has 5 aromatic rings. The van der Waals surface area contributed by atoms with Crippen molar-refractivity contribution < 1.29 is 10.2 Å². The quantitative estimate of drug-likeness (QED) is 0.238. The van der Waals surface area contributed by atoms with Gasteiger partial charge in [-0.25, -0.2) is 4.98 Å². The fraction of sp³-hybridized carbons (Fsp3) is 0.167. The van der Waals surface area contributed by atoms with E-state index >= 15 is 0 Å². The highest BCUT2D eigenvalue weighted by Crippen LogP contribution is 2.50. The lowest BCUT2D eigenvalue weighted by Crippen LogP contribution is -2.26. The van der Waals surface area contributed by atoms with Crippen LogP contribution >= 0.6 is 11.8 Å². The van der Waals surface area contributed by atoms with Gasteiger partial charge in [-0.05, 0) is 62.7 Å². The van der Waals surface area contributed by atoms with Crippen LogP contribution in [0.3, 0.4) is 0 Å². The first kappa shape index (κ1) is 25.4. The Kier molecular flexibility index (Phi) is 7.07. The van der Waals surface area contributed by atoms with E-state index in [1.807, 2.05) is 112 Å². The van der Waals surface area contributed by atoms with Gasteiger partial charge in [0.15, 0.2) is 5.75 Å². The summed E-state index contributed by atoms with van der Waals surface area (Å²) >= 11 is 1.27. The van der Waals surface area contributed by atoms with E-state index in [9.17, 15) is 10.2 Å². The molecule has 0 radical (unpaired) electrons. The molecular weight excluding hydrogens is 494 g/mol. The van der Waals surface area contributed by atoms with Gasteiger partial charge in [-0.3, -0.25) is 9.67 Å². The van der Waals surface area contributed by atoms with Crippen LogP contribution < -0.4 is 4.90 Å². The summed E-state index contributed by atoms with van der Waals surface area (Å²) in [5.41, 5.74) is 5.42. The summed E-state index contributed by atoms with van der Waals surface area (Å²) in [4.78, 5) is 12.1. The van der Waals surface area contributed by atoms with Gasteiger partial charge in [0.25, 0.3) is 0 Å². The predicted octanol–water partition coefficient (Wildman–Crippen LogP) is 6.96. The minimum atomic E-state index is -0.249.